The van der Waals surface area contributed by atoms with Gasteiger partial charge in [-0.3, -0.25) is 0 Å². The second-order valence-corrected chi connectivity index (χ2v) is 13.1. The maximum absolute atomic E-state index is 6.59. The Kier molecular flexibility index (Phi) is 9.57. The van der Waals surface area contributed by atoms with Crippen molar-refractivity contribution in [1.29, 1.82) is 0 Å². The lowest BCUT2D eigenvalue weighted by Gasteiger charge is -2.32. The Labute approximate surface area is 249 Å². The Hall–Kier alpha value is -2.62. The third-order valence-electron chi connectivity index (χ3n) is 9.52. The minimum absolute atomic E-state index is 0.386. The molecule has 4 aromatic rings. The van der Waals surface area contributed by atoms with Crippen LogP contribution >= 0.6 is 0 Å². The van der Waals surface area contributed by atoms with Crippen molar-refractivity contribution >= 4 is 34.1 Å². The zero-order valence-corrected chi connectivity index (χ0v) is 26.1. The Bertz CT molecular complexity index is 1360. The van der Waals surface area contributed by atoms with Gasteiger partial charge in [0.05, 0.1) is 11.2 Å². The largest absolute Gasteiger partial charge is 0.496 e. The van der Waals surface area contributed by atoms with Crippen LogP contribution in [0, 0.1) is 0 Å². The average molecular weight is 549 g/mol. The van der Waals surface area contributed by atoms with Gasteiger partial charge >= 0.3 is 7.12 Å². The topological polar surface area (TPSA) is 18.5 Å². The maximum Gasteiger partial charge on any atom is 0.496 e. The summed E-state index contributed by atoms with van der Waals surface area (Å²) in [6.45, 7) is 10.8. The van der Waals surface area contributed by atoms with Gasteiger partial charge in [0.15, 0.2) is 0 Å². The van der Waals surface area contributed by atoms with Gasteiger partial charge < -0.3 is 9.31 Å². The van der Waals surface area contributed by atoms with Gasteiger partial charge in [-0.25, -0.2) is 0 Å². The van der Waals surface area contributed by atoms with Crippen molar-refractivity contribution < 1.29 is 9.31 Å². The zero-order chi connectivity index (χ0) is 28.9. The molecule has 0 unspecified atom stereocenters. The molecule has 2 nitrogen and oxygen atoms in total. The highest BCUT2D eigenvalue weighted by molar-refractivity contribution is 6.68. The first-order valence-corrected chi connectivity index (χ1v) is 16.2. The van der Waals surface area contributed by atoms with E-state index >= 15 is 0 Å². The molecule has 1 saturated heterocycles. The van der Waals surface area contributed by atoms with E-state index in [-0.39, 0.29) is 11.2 Å². The number of fused-ring (bicyclic) bond motifs is 2. The molecule has 1 aliphatic heterocycles. The van der Waals surface area contributed by atoms with Crippen molar-refractivity contribution in [3.63, 3.8) is 0 Å². The normalized spacial score (nSPS) is 16.2. The molecule has 1 aliphatic rings. The van der Waals surface area contributed by atoms with Crippen LogP contribution in [0.15, 0.2) is 72.8 Å². The van der Waals surface area contributed by atoms with Crippen LogP contribution in [-0.2, 0) is 15.7 Å². The fraction of sp³-hybridized carbons (Fsp3) is 0.474. The van der Waals surface area contributed by atoms with Gasteiger partial charge in [-0.05, 0) is 84.2 Å². The highest BCUT2D eigenvalue weighted by Crippen LogP contribution is 2.40. The fourth-order valence-corrected chi connectivity index (χ4v) is 6.34. The lowest BCUT2D eigenvalue weighted by molar-refractivity contribution is 0.00578. The molecule has 0 radical (unpaired) electrons. The first kappa shape index (κ1) is 29.9. The van der Waals surface area contributed by atoms with Crippen LogP contribution < -0.4 is 5.46 Å². The van der Waals surface area contributed by atoms with Gasteiger partial charge in [-0.1, -0.05) is 138 Å². The minimum Gasteiger partial charge on any atom is -0.399 e. The van der Waals surface area contributed by atoms with Gasteiger partial charge in [-0.2, -0.15) is 0 Å². The number of hydrogen-bond donors (Lipinski definition) is 0. The molecule has 216 valence electrons. The van der Waals surface area contributed by atoms with Crippen LogP contribution in [0.1, 0.15) is 104 Å². The zero-order valence-electron chi connectivity index (χ0n) is 26.1. The molecule has 0 atom stereocenters. The van der Waals surface area contributed by atoms with Gasteiger partial charge in [-0.15, -0.1) is 0 Å². The van der Waals surface area contributed by atoms with Crippen molar-refractivity contribution in [3.05, 3.63) is 78.4 Å². The number of unbranched alkanes of at least 4 members (excludes halogenated alkanes) is 9. The highest BCUT2D eigenvalue weighted by Gasteiger charge is 2.52. The Balaban J connectivity index is 1.34. The van der Waals surface area contributed by atoms with Gasteiger partial charge in [0.25, 0.3) is 0 Å². The number of hydrogen-bond acceptors (Lipinski definition) is 2. The molecule has 1 heterocycles. The summed E-state index contributed by atoms with van der Waals surface area (Å²) in [7, 11) is -0.410. The van der Waals surface area contributed by atoms with Crippen molar-refractivity contribution in [2.24, 2.45) is 0 Å². The van der Waals surface area contributed by atoms with E-state index in [1.54, 1.807) is 0 Å². The van der Waals surface area contributed by atoms with Crippen LogP contribution in [0.25, 0.3) is 32.7 Å². The summed E-state index contributed by atoms with van der Waals surface area (Å²) in [4.78, 5) is 0. The second-order valence-electron chi connectivity index (χ2n) is 13.1. The Morgan fingerprint density at radius 1 is 0.537 bits per heavy atom. The molecule has 0 aliphatic carbocycles. The Morgan fingerprint density at radius 2 is 0.976 bits per heavy atom. The first-order chi connectivity index (χ1) is 19.8. The fourth-order valence-electron chi connectivity index (χ4n) is 6.34. The molecule has 41 heavy (non-hydrogen) atoms. The van der Waals surface area contributed by atoms with Gasteiger partial charge in [0, 0.05) is 0 Å². The predicted octanol–water partition coefficient (Wildman–Crippen LogP) is 10.4. The molecule has 0 saturated carbocycles. The summed E-state index contributed by atoms with van der Waals surface area (Å²) in [5.74, 6) is 0. The molecule has 0 N–H and O–H groups in total. The minimum atomic E-state index is -0.410. The maximum atomic E-state index is 6.59. The average Bonchev–Trinajstić information content (AvgIpc) is 3.18. The summed E-state index contributed by atoms with van der Waals surface area (Å²) in [6, 6.07) is 26.9. The number of benzene rings is 4. The number of aryl methyl sites for hydroxylation is 1. The smallest absolute Gasteiger partial charge is 0.399 e. The van der Waals surface area contributed by atoms with Crippen molar-refractivity contribution in [3.8, 4) is 11.1 Å². The summed E-state index contributed by atoms with van der Waals surface area (Å²) in [5, 5.41) is 4.90. The van der Waals surface area contributed by atoms with E-state index in [4.69, 9.17) is 9.31 Å². The molecule has 0 spiro atoms. The van der Waals surface area contributed by atoms with Crippen molar-refractivity contribution in [2.45, 2.75) is 116 Å². The SMILES string of the molecule is CCCCCCCCCCCCc1ccc(-c2c3ccccc3c(B3OC(C)(C)C(C)(C)O3)c3ccccc23)cc1. The summed E-state index contributed by atoms with van der Waals surface area (Å²) < 4.78 is 13.2. The van der Waals surface area contributed by atoms with Crippen molar-refractivity contribution in [1.82, 2.24) is 0 Å². The molecule has 0 amide bonds. The van der Waals surface area contributed by atoms with E-state index in [9.17, 15) is 0 Å². The lowest BCUT2D eigenvalue weighted by atomic mass is 9.71. The van der Waals surface area contributed by atoms with Crippen LogP contribution in [0.3, 0.4) is 0 Å². The van der Waals surface area contributed by atoms with Crippen molar-refractivity contribution in [2.75, 3.05) is 0 Å². The van der Waals surface area contributed by atoms with E-state index in [2.05, 4.69) is 107 Å². The predicted molar refractivity (Wildman–Crippen MR) is 178 cm³/mol. The summed E-state index contributed by atoms with van der Waals surface area (Å²) in [6.07, 6.45) is 15.0. The monoisotopic (exact) mass is 548 g/mol. The molecular formula is C38H49BO2. The van der Waals surface area contributed by atoms with E-state index in [0.717, 1.165) is 5.46 Å². The first-order valence-electron chi connectivity index (χ1n) is 16.2. The molecule has 4 aromatic carbocycles. The number of rotatable bonds is 13. The van der Waals surface area contributed by atoms with Gasteiger partial charge in [0.2, 0.25) is 0 Å². The van der Waals surface area contributed by atoms with E-state index < -0.39 is 7.12 Å². The molecule has 3 heteroatoms. The molecular weight excluding hydrogens is 499 g/mol. The Morgan fingerprint density at radius 3 is 1.46 bits per heavy atom. The third kappa shape index (κ3) is 6.57. The van der Waals surface area contributed by atoms with Gasteiger partial charge in [0.1, 0.15) is 0 Å². The van der Waals surface area contributed by atoms with E-state index in [1.165, 1.54) is 109 Å². The summed E-state index contributed by atoms with van der Waals surface area (Å²) >= 11 is 0. The van der Waals surface area contributed by atoms with E-state index in [1.807, 2.05) is 0 Å². The molecule has 0 bridgehead atoms. The van der Waals surface area contributed by atoms with Crippen LogP contribution in [0.4, 0.5) is 0 Å². The highest BCUT2D eigenvalue weighted by atomic mass is 16.7. The molecule has 5 rings (SSSR count). The summed E-state index contributed by atoms with van der Waals surface area (Å²) in [5.41, 5.74) is 4.37. The molecule has 1 fully saturated rings. The molecule has 0 aromatic heterocycles. The van der Waals surface area contributed by atoms with Crippen LogP contribution in [-0.4, -0.2) is 18.3 Å². The standard InChI is InChI=1S/C38H49BO2/c1-6-7-8-9-10-11-12-13-14-15-20-29-25-27-30(28-26-29)35-31-21-16-18-23-33(31)36(34-24-19-17-22-32(34)35)39-40-37(2,3)38(4,5)41-39/h16-19,21-28H,6-15,20H2,1-5H3. The quantitative estimate of drug-likeness (QED) is 0.0940. The van der Waals surface area contributed by atoms with Crippen LogP contribution in [0.5, 0.6) is 0 Å². The van der Waals surface area contributed by atoms with E-state index in [0.29, 0.717) is 0 Å². The van der Waals surface area contributed by atoms with Crippen LogP contribution in [0.2, 0.25) is 0 Å². The lowest BCUT2D eigenvalue weighted by Crippen LogP contribution is -2.41. The third-order valence-corrected chi connectivity index (χ3v) is 9.52. The second kappa shape index (κ2) is 13.1.